The summed E-state index contributed by atoms with van der Waals surface area (Å²) in [6.07, 6.45) is 1.67. The fourth-order valence-corrected chi connectivity index (χ4v) is 2.03. The zero-order valence-electron chi connectivity index (χ0n) is 8.03. The molecular formula is C11H8BrNO2. The van der Waals surface area contributed by atoms with Crippen molar-refractivity contribution in [2.75, 3.05) is 0 Å². The molecule has 0 bridgehead atoms. The van der Waals surface area contributed by atoms with Crippen LogP contribution in [0.25, 0.3) is 5.52 Å². The lowest BCUT2D eigenvalue weighted by Crippen LogP contribution is -2.17. The molecule has 0 aliphatic rings. The third-order valence-corrected chi connectivity index (χ3v) is 2.97. The second-order valence-electron chi connectivity index (χ2n) is 3.23. The molecule has 0 fully saturated rings. The molecule has 3 nitrogen and oxygen atoms in total. The molecule has 4 heteroatoms. The van der Waals surface area contributed by atoms with E-state index in [9.17, 15) is 9.59 Å². The van der Waals surface area contributed by atoms with E-state index in [0.717, 1.165) is 5.52 Å². The maximum absolute atomic E-state index is 11.8. The number of fused-ring (bicyclic) bond motifs is 1. The van der Waals surface area contributed by atoms with Gasteiger partial charge in [0.05, 0.1) is 4.47 Å². The van der Waals surface area contributed by atoms with Crippen LogP contribution >= 0.6 is 15.9 Å². The molecule has 0 saturated heterocycles. The summed E-state index contributed by atoms with van der Waals surface area (Å²) < 4.78 is 1.81. The van der Waals surface area contributed by atoms with E-state index in [0.29, 0.717) is 10.0 Å². The Morgan fingerprint density at radius 3 is 2.80 bits per heavy atom. The smallest absolute Gasteiger partial charge is 0.270 e. The minimum atomic E-state index is -0.210. The molecule has 0 unspecified atom stereocenters. The molecule has 0 aliphatic heterocycles. The molecule has 0 radical (unpaired) electrons. The molecule has 0 spiro atoms. The summed E-state index contributed by atoms with van der Waals surface area (Å²) in [6.45, 7) is 1.44. The quantitative estimate of drug-likeness (QED) is 0.742. The van der Waals surface area contributed by atoms with Crippen molar-refractivity contribution in [1.82, 2.24) is 4.40 Å². The molecule has 15 heavy (non-hydrogen) atoms. The molecule has 0 amide bonds. The van der Waals surface area contributed by atoms with Crippen LogP contribution in [0.5, 0.6) is 0 Å². The summed E-state index contributed by atoms with van der Waals surface area (Å²) in [5.74, 6) is -0.120. The van der Waals surface area contributed by atoms with Crippen LogP contribution in [0.1, 0.15) is 17.3 Å². The first-order chi connectivity index (χ1) is 7.11. The second kappa shape index (κ2) is 3.62. The van der Waals surface area contributed by atoms with Gasteiger partial charge in [-0.15, -0.1) is 0 Å². The van der Waals surface area contributed by atoms with Crippen molar-refractivity contribution >= 4 is 27.2 Å². The Morgan fingerprint density at radius 1 is 1.40 bits per heavy atom. The number of carbonyl (C=O) groups excluding carboxylic acids is 1. The first kappa shape index (κ1) is 10.1. The fraction of sp³-hybridized carbons (Fsp3) is 0.0909. The van der Waals surface area contributed by atoms with Crippen LogP contribution < -0.4 is 5.56 Å². The van der Waals surface area contributed by atoms with Crippen molar-refractivity contribution in [1.29, 1.82) is 0 Å². The largest absolute Gasteiger partial charge is 0.294 e. The number of hydrogen-bond donors (Lipinski definition) is 0. The molecule has 0 saturated carbocycles. The summed E-state index contributed by atoms with van der Waals surface area (Å²) >= 11 is 3.15. The molecule has 0 atom stereocenters. The van der Waals surface area contributed by atoms with Crippen molar-refractivity contribution in [3.63, 3.8) is 0 Å². The van der Waals surface area contributed by atoms with Gasteiger partial charge in [-0.25, -0.2) is 0 Å². The third-order valence-electron chi connectivity index (χ3n) is 2.21. The molecule has 0 aromatic carbocycles. The van der Waals surface area contributed by atoms with Gasteiger partial charge < -0.3 is 0 Å². The average Bonchev–Trinajstić information content (AvgIpc) is 2.23. The summed E-state index contributed by atoms with van der Waals surface area (Å²) in [6, 6.07) is 7.09. The van der Waals surface area contributed by atoms with E-state index in [2.05, 4.69) is 15.9 Å². The Labute approximate surface area is 94.5 Å². The molecule has 0 N–H and O–H groups in total. The molecule has 2 aromatic rings. The summed E-state index contributed by atoms with van der Waals surface area (Å²) in [7, 11) is 0. The van der Waals surface area contributed by atoms with E-state index in [-0.39, 0.29) is 11.3 Å². The zero-order valence-corrected chi connectivity index (χ0v) is 9.61. The minimum Gasteiger partial charge on any atom is -0.294 e. The van der Waals surface area contributed by atoms with Crippen LogP contribution in [0.4, 0.5) is 0 Å². The lowest BCUT2D eigenvalue weighted by molar-refractivity contribution is 0.101. The van der Waals surface area contributed by atoms with Gasteiger partial charge in [-0.1, -0.05) is 6.07 Å². The highest BCUT2D eigenvalue weighted by atomic mass is 79.9. The number of ketones is 1. The van der Waals surface area contributed by atoms with E-state index >= 15 is 0 Å². The van der Waals surface area contributed by atoms with Gasteiger partial charge in [0.1, 0.15) is 0 Å². The number of aromatic nitrogens is 1. The topological polar surface area (TPSA) is 38.5 Å². The van der Waals surface area contributed by atoms with Crippen LogP contribution in [0.15, 0.2) is 39.7 Å². The molecule has 2 rings (SSSR count). The fourth-order valence-electron chi connectivity index (χ4n) is 1.45. The summed E-state index contributed by atoms with van der Waals surface area (Å²) in [4.78, 5) is 23.1. The predicted molar refractivity (Wildman–Crippen MR) is 61.4 cm³/mol. The van der Waals surface area contributed by atoms with Gasteiger partial charge >= 0.3 is 0 Å². The van der Waals surface area contributed by atoms with Gasteiger partial charge in [0.2, 0.25) is 0 Å². The summed E-state index contributed by atoms with van der Waals surface area (Å²) in [5.41, 5.74) is 0.931. The number of carbonyl (C=O) groups is 1. The highest BCUT2D eigenvalue weighted by Gasteiger charge is 2.10. The Balaban J connectivity index is 2.95. The lowest BCUT2D eigenvalue weighted by Gasteiger charge is -2.04. The van der Waals surface area contributed by atoms with E-state index in [1.54, 1.807) is 24.4 Å². The number of hydrogen-bond acceptors (Lipinski definition) is 2. The third kappa shape index (κ3) is 1.61. The van der Waals surface area contributed by atoms with Crippen molar-refractivity contribution in [2.24, 2.45) is 0 Å². The van der Waals surface area contributed by atoms with Crippen molar-refractivity contribution in [3.05, 3.63) is 50.9 Å². The van der Waals surface area contributed by atoms with Crippen LogP contribution in [0.3, 0.4) is 0 Å². The lowest BCUT2D eigenvalue weighted by atomic mass is 10.1. The van der Waals surface area contributed by atoms with Crippen LogP contribution in [0, 0.1) is 0 Å². The highest BCUT2D eigenvalue weighted by Crippen LogP contribution is 2.15. The standard InChI is InChI=1S/C11H8BrNO2/c1-7(14)9-6-8-4-2-3-5-13(8)11(15)10(9)12/h2-6H,1H3. The van der Waals surface area contributed by atoms with Crippen LogP contribution in [0.2, 0.25) is 0 Å². The van der Waals surface area contributed by atoms with Crippen LogP contribution in [-0.2, 0) is 0 Å². The van der Waals surface area contributed by atoms with Crippen molar-refractivity contribution in [2.45, 2.75) is 6.92 Å². The zero-order chi connectivity index (χ0) is 11.0. The van der Waals surface area contributed by atoms with Crippen molar-refractivity contribution < 1.29 is 4.79 Å². The number of pyridine rings is 2. The van der Waals surface area contributed by atoms with Gasteiger partial charge in [0, 0.05) is 17.3 Å². The first-order valence-corrected chi connectivity index (χ1v) is 5.21. The second-order valence-corrected chi connectivity index (χ2v) is 4.02. The molecule has 0 aliphatic carbocycles. The Bertz CT molecular complexity index is 601. The molecular weight excluding hydrogens is 258 g/mol. The normalized spacial score (nSPS) is 10.5. The van der Waals surface area contributed by atoms with E-state index < -0.39 is 0 Å². The Hall–Kier alpha value is -1.42. The summed E-state index contributed by atoms with van der Waals surface area (Å²) in [5, 5.41) is 0. The predicted octanol–water partition coefficient (Wildman–Crippen LogP) is 2.26. The minimum absolute atomic E-state index is 0.120. The molecule has 2 heterocycles. The number of Topliss-reactive ketones (excluding diaryl/α,β-unsaturated/α-hetero) is 1. The Morgan fingerprint density at radius 2 is 2.13 bits per heavy atom. The van der Waals surface area contributed by atoms with E-state index in [1.807, 2.05) is 6.07 Å². The monoisotopic (exact) mass is 265 g/mol. The highest BCUT2D eigenvalue weighted by molar-refractivity contribution is 9.10. The Kier molecular flexibility index (Phi) is 2.44. The number of nitrogens with zero attached hydrogens (tertiary/aromatic N) is 1. The maximum atomic E-state index is 11.8. The van der Waals surface area contributed by atoms with Gasteiger partial charge in [-0.05, 0) is 41.1 Å². The van der Waals surface area contributed by atoms with E-state index in [4.69, 9.17) is 0 Å². The van der Waals surface area contributed by atoms with Crippen LogP contribution in [-0.4, -0.2) is 10.2 Å². The first-order valence-electron chi connectivity index (χ1n) is 4.42. The maximum Gasteiger partial charge on any atom is 0.270 e. The average molecular weight is 266 g/mol. The molecule has 2 aromatic heterocycles. The number of halogens is 1. The van der Waals surface area contributed by atoms with Gasteiger partial charge in [-0.2, -0.15) is 0 Å². The van der Waals surface area contributed by atoms with E-state index in [1.165, 1.54) is 11.3 Å². The molecule has 76 valence electrons. The van der Waals surface area contributed by atoms with Gasteiger partial charge in [0.15, 0.2) is 5.78 Å². The van der Waals surface area contributed by atoms with Gasteiger partial charge in [-0.3, -0.25) is 14.0 Å². The van der Waals surface area contributed by atoms with Gasteiger partial charge in [0.25, 0.3) is 5.56 Å². The number of rotatable bonds is 1. The van der Waals surface area contributed by atoms with Crippen molar-refractivity contribution in [3.8, 4) is 0 Å². The SMILES string of the molecule is CC(=O)c1cc2ccccn2c(=O)c1Br.